The van der Waals surface area contributed by atoms with Crippen molar-refractivity contribution in [2.24, 2.45) is 16.8 Å². The Balaban J connectivity index is 2.89. The second kappa shape index (κ2) is 6.78. The summed E-state index contributed by atoms with van der Waals surface area (Å²) >= 11 is 0.743. The van der Waals surface area contributed by atoms with Crippen LogP contribution >= 0.6 is 11.3 Å². The Morgan fingerprint density at radius 1 is 1.57 bits per heavy atom. The fourth-order valence-electron chi connectivity index (χ4n) is 1.32. The number of carbonyl (C=O) groups is 1. The van der Waals surface area contributed by atoms with E-state index in [1.165, 1.54) is 14.0 Å². The van der Waals surface area contributed by atoms with Crippen LogP contribution < -0.4 is 11.1 Å². The molecule has 0 spiro atoms. The molecule has 21 heavy (non-hydrogen) atoms. The number of hydrogen-bond donors (Lipinski definition) is 3. The van der Waals surface area contributed by atoms with Crippen LogP contribution in [0, 0.1) is 5.92 Å². The van der Waals surface area contributed by atoms with Crippen LogP contribution in [0.1, 0.15) is 13.8 Å². The van der Waals surface area contributed by atoms with Gasteiger partial charge in [-0.3, -0.25) is 4.79 Å². The maximum atomic E-state index is 12.3. The fraction of sp³-hybridized carbons (Fsp3) is 0.556. The predicted molar refractivity (Wildman–Crippen MR) is 76.6 cm³/mol. The molecule has 0 aliphatic heterocycles. The molecule has 4 N–H and O–H groups in total. The third-order valence-corrected chi connectivity index (χ3v) is 5.48. The molecule has 118 valence electrons. The highest BCUT2D eigenvalue weighted by Crippen LogP contribution is 2.23. The quantitative estimate of drug-likeness (QED) is 0.208. The number of nitrogens with zero attached hydrogens (tertiary/aromatic N) is 4. The van der Waals surface area contributed by atoms with Gasteiger partial charge in [-0.1, -0.05) is 23.4 Å². The number of oxime groups is 1. The van der Waals surface area contributed by atoms with Gasteiger partial charge in [-0.15, -0.1) is 10.2 Å². The van der Waals surface area contributed by atoms with Crippen LogP contribution in [0.5, 0.6) is 0 Å². The summed E-state index contributed by atoms with van der Waals surface area (Å²) in [6, 6.07) is 0. The maximum Gasteiger partial charge on any atom is 0.272 e. The number of amidine groups is 1. The first-order valence-electron chi connectivity index (χ1n) is 5.73. The molecule has 0 aliphatic rings. The van der Waals surface area contributed by atoms with E-state index in [4.69, 9.17) is 10.9 Å². The molecule has 1 amide bonds. The Hall–Kier alpha value is -1.79. The lowest BCUT2D eigenvalue weighted by Crippen LogP contribution is -2.36. The maximum absolute atomic E-state index is 12.3. The van der Waals surface area contributed by atoms with Crippen molar-refractivity contribution >= 4 is 38.2 Å². The molecular formula is C9H16N6O4S2. The molecule has 1 aromatic heterocycles. The van der Waals surface area contributed by atoms with E-state index in [9.17, 15) is 13.2 Å². The minimum absolute atomic E-state index is 0.00722. The number of nitrogens with two attached hydrogens (primary N) is 1. The molecule has 0 saturated carbocycles. The minimum atomic E-state index is -3.86. The van der Waals surface area contributed by atoms with Crippen LogP contribution in [0.25, 0.3) is 0 Å². The largest absolute Gasteiger partial charge is 0.409 e. The lowest BCUT2D eigenvalue weighted by atomic mass is 10.2. The zero-order valence-electron chi connectivity index (χ0n) is 11.6. The Morgan fingerprint density at radius 2 is 2.19 bits per heavy atom. The zero-order valence-corrected chi connectivity index (χ0v) is 13.3. The Labute approximate surface area is 125 Å². The van der Waals surface area contributed by atoms with Crippen LogP contribution in [0.2, 0.25) is 0 Å². The van der Waals surface area contributed by atoms with Gasteiger partial charge in [0.1, 0.15) is 5.84 Å². The highest BCUT2D eigenvalue weighted by Gasteiger charge is 2.27. The van der Waals surface area contributed by atoms with Gasteiger partial charge in [0.05, 0.1) is 0 Å². The smallest absolute Gasteiger partial charge is 0.272 e. The molecule has 0 fully saturated rings. The monoisotopic (exact) mass is 336 g/mol. The van der Waals surface area contributed by atoms with Crippen molar-refractivity contribution in [3.63, 3.8) is 0 Å². The first-order valence-corrected chi connectivity index (χ1v) is 7.99. The average molecular weight is 336 g/mol. The van der Waals surface area contributed by atoms with Gasteiger partial charge < -0.3 is 16.3 Å². The van der Waals surface area contributed by atoms with Gasteiger partial charge in [-0.05, 0) is 0 Å². The van der Waals surface area contributed by atoms with Crippen molar-refractivity contribution in [3.8, 4) is 0 Å². The van der Waals surface area contributed by atoms with Crippen molar-refractivity contribution < 1.29 is 18.4 Å². The van der Waals surface area contributed by atoms with E-state index in [2.05, 4.69) is 20.7 Å². The first kappa shape index (κ1) is 17.3. The minimum Gasteiger partial charge on any atom is -0.409 e. The van der Waals surface area contributed by atoms with Gasteiger partial charge in [0, 0.05) is 26.4 Å². The summed E-state index contributed by atoms with van der Waals surface area (Å²) in [7, 11) is -2.51. The van der Waals surface area contributed by atoms with E-state index < -0.39 is 15.9 Å². The van der Waals surface area contributed by atoms with Gasteiger partial charge in [0.15, 0.2) is 0 Å². The number of anilines is 1. The van der Waals surface area contributed by atoms with Crippen molar-refractivity contribution in [1.29, 1.82) is 0 Å². The lowest BCUT2D eigenvalue weighted by Gasteiger charge is -2.18. The van der Waals surface area contributed by atoms with E-state index in [0.717, 1.165) is 15.6 Å². The molecule has 0 aliphatic carbocycles. The number of sulfonamides is 1. The Bertz CT molecular complexity index is 640. The standard InChI is InChI=1S/C9H16N6O4S2/c1-5(7(10)14-17)4-15(3)21(18,19)9-13-12-8(20-9)11-6(2)16/h5,17H,4H2,1-3H3,(H2,10,14)(H,11,12,16). The number of nitrogens with one attached hydrogen (secondary N) is 1. The van der Waals surface area contributed by atoms with Crippen LogP contribution in [0.3, 0.4) is 0 Å². The van der Waals surface area contributed by atoms with E-state index in [0.29, 0.717) is 0 Å². The van der Waals surface area contributed by atoms with Crippen LogP contribution in [-0.2, 0) is 14.8 Å². The van der Waals surface area contributed by atoms with Gasteiger partial charge in [-0.25, -0.2) is 8.42 Å². The number of amides is 1. The molecule has 1 aromatic rings. The lowest BCUT2D eigenvalue weighted by molar-refractivity contribution is -0.114. The van der Waals surface area contributed by atoms with Crippen molar-refractivity contribution in [2.45, 2.75) is 18.2 Å². The van der Waals surface area contributed by atoms with Crippen molar-refractivity contribution in [2.75, 3.05) is 18.9 Å². The number of aromatic nitrogens is 2. The van der Waals surface area contributed by atoms with Crippen molar-refractivity contribution in [1.82, 2.24) is 14.5 Å². The van der Waals surface area contributed by atoms with Crippen LogP contribution in [-0.4, -0.2) is 53.5 Å². The molecule has 0 saturated heterocycles. The third-order valence-electron chi connectivity index (χ3n) is 2.47. The number of carbonyl (C=O) groups excluding carboxylic acids is 1. The molecule has 0 bridgehead atoms. The van der Waals surface area contributed by atoms with Crippen LogP contribution in [0.15, 0.2) is 9.50 Å². The fourth-order valence-corrected chi connectivity index (χ4v) is 3.72. The molecule has 1 atom stereocenters. The van der Waals surface area contributed by atoms with Gasteiger partial charge >= 0.3 is 0 Å². The molecule has 0 radical (unpaired) electrons. The topological polar surface area (TPSA) is 151 Å². The molecule has 0 aromatic carbocycles. The van der Waals surface area contributed by atoms with E-state index in [-0.39, 0.29) is 27.8 Å². The summed E-state index contributed by atoms with van der Waals surface area (Å²) in [5.74, 6) is -0.922. The van der Waals surface area contributed by atoms with E-state index in [1.54, 1.807) is 6.92 Å². The molecular weight excluding hydrogens is 320 g/mol. The Morgan fingerprint density at radius 3 is 2.71 bits per heavy atom. The second-order valence-corrected chi connectivity index (χ2v) is 7.46. The summed E-state index contributed by atoms with van der Waals surface area (Å²) in [6.07, 6.45) is 0. The highest BCUT2D eigenvalue weighted by molar-refractivity contribution is 7.91. The second-order valence-electron chi connectivity index (χ2n) is 4.27. The zero-order chi connectivity index (χ0) is 16.2. The van der Waals surface area contributed by atoms with Crippen LogP contribution in [0.4, 0.5) is 5.13 Å². The molecule has 12 heteroatoms. The van der Waals surface area contributed by atoms with E-state index in [1.807, 2.05) is 0 Å². The molecule has 1 heterocycles. The summed E-state index contributed by atoms with van der Waals surface area (Å²) in [5.41, 5.74) is 5.41. The van der Waals surface area contributed by atoms with Gasteiger partial charge in [0.2, 0.25) is 15.4 Å². The Kier molecular flexibility index (Phi) is 5.57. The normalized spacial score (nSPS) is 14.2. The van der Waals surface area contributed by atoms with Gasteiger partial charge in [-0.2, -0.15) is 4.31 Å². The summed E-state index contributed by atoms with van der Waals surface area (Å²) < 4.78 is 25.3. The van der Waals surface area contributed by atoms with E-state index >= 15 is 0 Å². The predicted octanol–water partition coefficient (Wildman–Crippen LogP) is -0.500. The summed E-state index contributed by atoms with van der Waals surface area (Å²) in [6.45, 7) is 2.90. The molecule has 10 nitrogen and oxygen atoms in total. The number of rotatable bonds is 6. The molecule has 1 rings (SSSR count). The summed E-state index contributed by atoms with van der Waals surface area (Å²) in [4.78, 5) is 10.9. The number of hydrogen-bond acceptors (Lipinski definition) is 8. The van der Waals surface area contributed by atoms with Crippen molar-refractivity contribution in [3.05, 3.63) is 0 Å². The summed E-state index contributed by atoms with van der Waals surface area (Å²) in [5, 5.41) is 21.0. The first-order chi connectivity index (χ1) is 9.68. The highest BCUT2D eigenvalue weighted by atomic mass is 32.2. The SMILES string of the molecule is CC(=O)Nc1nnc(S(=O)(=O)N(C)CC(C)C(N)=NO)s1. The average Bonchev–Trinajstić information content (AvgIpc) is 2.85. The molecule has 1 unspecified atom stereocenters. The third kappa shape index (κ3) is 4.34. The van der Waals surface area contributed by atoms with Gasteiger partial charge in [0.25, 0.3) is 10.0 Å².